The average molecular weight is 287 g/mol. The zero-order valence-corrected chi connectivity index (χ0v) is 12.4. The zero-order chi connectivity index (χ0) is 13.9. The molecule has 0 aromatic heterocycles. The molecule has 0 heterocycles. The van der Waals surface area contributed by atoms with Gasteiger partial charge in [0.15, 0.2) is 0 Å². The fourth-order valence-corrected chi connectivity index (χ4v) is 3.75. The highest BCUT2D eigenvalue weighted by molar-refractivity contribution is 7.99. The Hall–Kier alpha value is -1.32. The van der Waals surface area contributed by atoms with Crippen LogP contribution >= 0.6 is 11.8 Å². The summed E-state index contributed by atoms with van der Waals surface area (Å²) in [7, 11) is 1.84. The van der Waals surface area contributed by atoms with Gasteiger partial charge in [0.1, 0.15) is 5.82 Å². The number of aryl methyl sites for hydroxylation is 2. The Balaban J connectivity index is 1.89. The van der Waals surface area contributed by atoms with Gasteiger partial charge in [-0.25, -0.2) is 4.39 Å². The SMILES string of the molecule is CNCc1c(F)cccc1Sc1ccc2c(c1)CCC2. The third-order valence-electron chi connectivity index (χ3n) is 3.73. The molecule has 0 amide bonds. The number of nitrogens with one attached hydrogen (secondary N) is 1. The van der Waals surface area contributed by atoms with Crippen molar-refractivity contribution in [2.24, 2.45) is 0 Å². The van der Waals surface area contributed by atoms with Crippen molar-refractivity contribution in [2.75, 3.05) is 7.05 Å². The van der Waals surface area contributed by atoms with E-state index >= 15 is 0 Å². The van der Waals surface area contributed by atoms with Crippen molar-refractivity contribution in [3.05, 3.63) is 58.9 Å². The lowest BCUT2D eigenvalue weighted by Crippen LogP contribution is -2.08. The highest BCUT2D eigenvalue weighted by Gasteiger charge is 2.13. The maximum atomic E-state index is 13.9. The van der Waals surface area contributed by atoms with Crippen LogP contribution in [0.25, 0.3) is 0 Å². The summed E-state index contributed by atoms with van der Waals surface area (Å²) in [4.78, 5) is 2.20. The normalized spacial score (nSPS) is 13.5. The summed E-state index contributed by atoms with van der Waals surface area (Å²) >= 11 is 1.65. The van der Waals surface area contributed by atoms with E-state index in [0.717, 1.165) is 10.5 Å². The smallest absolute Gasteiger partial charge is 0.128 e. The topological polar surface area (TPSA) is 12.0 Å². The molecule has 0 atom stereocenters. The van der Waals surface area contributed by atoms with Crippen LogP contribution in [0.2, 0.25) is 0 Å². The van der Waals surface area contributed by atoms with Gasteiger partial charge >= 0.3 is 0 Å². The minimum absolute atomic E-state index is 0.134. The average Bonchev–Trinajstić information content (AvgIpc) is 2.90. The summed E-state index contributed by atoms with van der Waals surface area (Å²) in [6.45, 7) is 0.556. The van der Waals surface area contributed by atoms with Crippen molar-refractivity contribution in [1.82, 2.24) is 5.32 Å². The van der Waals surface area contributed by atoms with Gasteiger partial charge in [-0.05, 0) is 61.7 Å². The first-order valence-corrected chi connectivity index (χ1v) is 7.81. The molecule has 0 radical (unpaired) electrons. The van der Waals surface area contributed by atoms with Crippen molar-refractivity contribution in [3.63, 3.8) is 0 Å². The van der Waals surface area contributed by atoms with Crippen LogP contribution in [0.4, 0.5) is 4.39 Å². The van der Waals surface area contributed by atoms with E-state index in [9.17, 15) is 4.39 Å². The molecule has 0 saturated carbocycles. The second-order valence-corrected chi connectivity index (χ2v) is 6.25. The summed E-state index contributed by atoms with van der Waals surface area (Å²) < 4.78 is 13.9. The Kier molecular flexibility index (Phi) is 4.08. The Morgan fingerprint density at radius 3 is 2.85 bits per heavy atom. The number of benzene rings is 2. The molecule has 0 unspecified atom stereocenters. The van der Waals surface area contributed by atoms with E-state index in [0.29, 0.717) is 6.54 Å². The molecule has 0 spiro atoms. The predicted molar refractivity (Wildman–Crippen MR) is 81.8 cm³/mol. The molecule has 20 heavy (non-hydrogen) atoms. The number of hydrogen-bond donors (Lipinski definition) is 1. The maximum absolute atomic E-state index is 13.9. The van der Waals surface area contributed by atoms with E-state index in [1.54, 1.807) is 17.8 Å². The quantitative estimate of drug-likeness (QED) is 0.905. The molecule has 0 aliphatic heterocycles. The molecular formula is C17H18FNS. The first-order chi connectivity index (χ1) is 9.78. The highest BCUT2D eigenvalue weighted by atomic mass is 32.2. The van der Waals surface area contributed by atoms with Crippen molar-refractivity contribution in [3.8, 4) is 0 Å². The molecule has 2 aromatic carbocycles. The second kappa shape index (κ2) is 5.98. The molecule has 1 nitrogen and oxygen atoms in total. The summed E-state index contributed by atoms with van der Waals surface area (Å²) in [5, 5.41) is 3.04. The highest BCUT2D eigenvalue weighted by Crippen LogP contribution is 2.34. The summed E-state index contributed by atoms with van der Waals surface area (Å²) in [6.07, 6.45) is 3.63. The first kappa shape index (κ1) is 13.7. The molecule has 0 fully saturated rings. The van der Waals surface area contributed by atoms with Crippen LogP contribution in [0, 0.1) is 5.82 Å². The van der Waals surface area contributed by atoms with Crippen molar-refractivity contribution in [1.29, 1.82) is 0 Å². The van der Waals surface area contributed by atoms with Crippen molar-refractivity contribution < 1.29 is 4.39 Å². The lowest BCUT2D eigenvalue weighted by Gasteiger charge is -2.11. The minimum atomic E-state index is -0.134. The first-order valence-electron chi connectivity index (χ1n) is 6.99. The van der Waals surface area contributed by atoms with Crippen LogP contribution in [-0.4, -0.2) is 7.05 Å². The van der Waals surface area contributed by atoms with E-state index in [4.69, 9.17) is 0 Å². The third kappa shape index (κ3) is 2.74. The molecule has 0 bridgehead atoms. The van der Waals surface area contributed by atoms with Crippen LogP contribution in [-0.2, 0) is 19.4 Å². The van der Waals surface area contributed by atoms with Gasteiger partial charge in [-0.3, -0.25) is 0 Å². The number of halogens is 1. The van der Waals surface area contributed by atoms with Gasteiger partial charge < -0.3 is 5.32 Å². The van der Waals surface area contributed by atoms with Crippen LogP contribution in [0.5, 0.6) is 0 Å². The lowest BCUT2D eigenvalue weighted by atomic mass is 10.1. The Bertz CT molecular complexity index is 624. The Morgan fingerprint density at radius 1 is 1.15 bits per heavy atom. The van der Waals surface area contributed by atoms with Gasteiger partial charge in [0, 0.05) is 21.9 Å². The third-order valence-corrected chi connectivity index (χ3v) is 4.82. The number of fused-ring (bicyclic) bond motifs is 1. The summed E-state index contributed by atoms with van der Waals surface area (Å²) in [5.41, 5.74) is 3.69. The molecule has 1 aliphatic carbocycles. The molecular weight excluding hydrogens is 269 g/mol. The van der Waals surface area contributed by atoms with E-state index in [2.05, 4.69) is 23.5 Å². The largest absolute Gasteiger partial charge is 0.316 e. The number of hydrogen-bond acceptors (Lipinski definition) is 2. The van der Waals surface area contributed by atoms with Crippen LogP contribution in [0.1, 0.15) is 23.1 Å². The summed E-state index contributed by atoms with van der Waals surface area (Å²) in [5.74, 6) is -0.134. The van der Waals surface area contributed by atoms with Crippen molar-refractivity contribution in [2.45, 2.75) is 35.6 Å². The molecule has 2 aromatic rings. The maximum Gasteiger partial charge on any atom is 0.128 e. The minimum Gasteiger partial charge on any atom is -0.316 e. The standard InChI is InChI=1S/C17H18FNS/c1-19-11-15-16(18)6-3-7-17(15)20-14-9-8-12-4-2-5-13(12)10-14/h3,6-10,19H,2,4-5,11H2,1H3. The summed E-state index contributed by atoms with van der Waals surface area (Å²) in [6, 6.07) is 11.9. The lowest BCUT2D eigenvalue weighted by molar-refractivity contribution is 0.594. The molecule has 0 saturated heterocycles. The number of rotatable bonds is 4. The van der Waals surface area contributed by atoms with Gasteiger partial charge in [0.2, 0.25) is 0 Å². The molecule has 1 N–H and O–H groups in total. The van der Waals surface area contributed by atoms with Gasteiger partial charge in [-0.15, -0.1) is 0 Å². The zero-order valence-electron chi connectivity index (χ0n) is 11.6. The Labute approximate surface area is 123 Å². The van der Waals surface area contributed by atoms with Gasteiger partial charge in [-0.2, -0.15) is 0 Å². The fourth-order valence-electron chi connectivity index (χ4n) is 2.72. The van der Waals surface area contributed by atoms with Gasteiger partial charge in [0.05, 0.1) is 0 Å². The Morgan fingerprint density at radius 2 is 2.00 bits per heavy atom. The van der Waals surface area contributed by atoms with E-state index < -0.39 is 0 Å². The molecule has 1 aliphatic rings. The van der Waals surface area contributed by atoms with Crippen molar-refractivity contribution >= 4 is 11.8 Å². The molecule has 104 valence electrons. The predicted octanol–water partition coefficient (Wildman–Crippen LogP) is 4.19. The fraction of sp³-hybridized carbons (Fsp3) is 0.294. The molecule has 3 rings (SSSR count). The van der Waals surface area contributed by atoms with Crippen LogP contribution in [0.3, 0.4) is 0 Å². The van der Waals surface area contributed by atoms with Crippen LogP contribution in [0.15, 0.2) is 46.2 Å². The molecule has 3 heteroatoms. The van der Waals surface area contributed by atoms with Gasteiger partial charge in [-0.1, -0.05) is 23.9 Å². The van der Waals surface area contributed by atoms with Gasteiger partial charge in [0.25, 0.3) is 0 Å². The van der Waals surface area contributed by atoms with E-state index in [1.165, 1.54) is 41.4 Å². The van der Waals surface area contributed by atoms with E-state index in [-0.39, 0.29) is 5.82 Å². The van der Waals surface area contributed by atoms with E-state index in [1.807, 2.05) is 13.1 Å². The monoisotopic (exact) mass is 287 g/mol. The van der Waals surface area contributed by atoms with Crippen LogP contribution < -0.4 is 5.32 Å². The second-order valence-electron chi connectivity index (χ2n) is 5.13.